The number of thiol groups is 1. The van der Waals surface area contributed by atoms with Gasteiger partial charge in [-0.05, 0) is 18.6 Å². The summed E-state index contributed by atoms with van der Waals surface area (Å²) >= 11 is 3.59. The molecule has 0 saturated carbocycles. The summed E-state index contributed by atoms with van der Waals surface area (Å²) in [5, 5.41) is 2.52. The SMILES string of the molecule is C=C(NC1=C(OC(F)F)CC=C(C(F)(C(F)(F)F)C(F)(F)F)C=C1C)c1cncc(N(N)C(=C)C(=O)S)c1.CC. The van der Waals surface area contributed by atoms with Crippen molar-refractivity contribution in [3.05, 3.63) is 77.6 Å². The molecule has 1 aromatic heterocycles. The van der Waals surface area contributed by atoms with Gasteiger partial charge in [0.15, 0.2) is 0 Å². The number of nitrogens with one attached hydrogen (secondary N) is 1. The molecule has 3 N–H and O–H groups in total. The Morgan fingerprint density at radius 1 is 1.12 bits per heavy atom. The van der Waals surface area contributed by atoms with Crippen LogP contribution in [0.5, 0.6) is 0 Å². The molecule has 1 aliphatic carbocycles. The molecule has 0 bridgehead atoms. The number of carbonyl (C=O) groups is 1. The highest BCUT2D eigenvalue weighted by Crippen LogP contribution is 2.52. The van der Waals surface area contributed by atoms with Gasteiger partial charge in [-0.1, -0.05) is 51.8 Å². The largest absolute Gasteiger partial charge is 0.437 e. The lowest BCUT2D eigenvalue weighted by molar-refractivity contribution is -0.325. The van der Waals surface area contributed by atoms with Gasteiger partial charge in [0, 0.05) is 29.5 Å². The highest BCUT2D eigenvalue weighted by molar-refractivity contribution is 7.97. The van der Waals surface area contributed by atoms with Crippen LogP contribution in [-0.2, 0) is 9.53 Å². The molecule has 1 aromatic rings. The monoisotopic (exact) mass is 604 g/mol. The smallest absolute Gasteiger partial charge is 0.435 e. The standard InChI is InChI=1S/C22H19F9N4O2S.C2H6/c1-10-6-14(20(25,21(26,27)28)22(29,30)31)4-5-16(37-19(23)24)17(10)34-11(2)13-7-15(9-33-8-13)35(32)12(3)18(36)38;1-2/h4,6-9,19,34H,2-3,5,32H2,1H3,(H,36,38);1-2H3. The molecule has 0 aromatic carbocycles. The van der Waals surface area contributed by atoms with Crippen LogP contribution < -0.4 is 16.2 Å². The molecule has 0 saturated heterocycles. The number of ether oxygens (including phenoxy) is 1. The highest BCUT2D eigenvalue weighted by atomic mass is 32.1. The number of rotatable bonds is 9. The maximum atomic E-state index is 14.7. The molecular formula is C24H25F9N4O2S. The van der Waals surface area contributed by atoms with E-state index in [0.717, 1.165) is 11.9 Å². The highest BCUT2D eigenvalue weighted by Gasteiger charge is 2.74. The van der Waals surface area contributed by atoms with Gasteiger partial charge in [-0.15, -0.1) is 0 Å². The van der Waals surface area contributed by atoms with Gasteiger partial charge in [0.05, 0.1) is 17.6 Å². The van der Waals surface area contributed by atoms with Crippen molar-refractivity contribution in [1.82, 2.24) is 10.3 Å². The predicted octanol–water partition coefficient (Wildman–Crippen LogP) is 6.88. The van der Waals surface area contributed by atoms with Crippen molar-refractivity contribution in [3.63, 3.8) is 0 Å². The van der Waals surface area contributed by atoms with Gasteiger partial charge in [-0.2, -0.15) is 35.1 Å². The minimum absolute atomic E-state index is 0.0746. The minimum atomic E-state index is -6.42. The zero-order valence-electron chi connectivity index (χ0n) is 21.2. The number of carbonyl (C=O) groups excluding carboxylic acids is 1. The Morgan fingerprint density at radius 3 is 2.15 bits per heavy atom. The first-order chi connectivity index (χ1) is 18.3. The third kappa shape index (κ3) is 7.62. The molecule has 0 fully saturated rings. The summed E-state index contributed by atoms with van der Waals surface area (Å²) in [5.41, 5.74) is -8.92. The molecule has 0 amide bonds. The molecular weight excluding hydrogens is 579 g/mol. The van der Waals surface area contributed by atoms with E-state index in [-0.39, 0.29) is 34.8 Å². The summed E-state index contributed by atoms with van der Waals surface area (Å²) in [6.45, 7) is 8.51. The predicted molar refractivity (Wildman–Crippen MR) is 134 cm³/mol. The maximum absolute atomic E-state index is 14.7. The van der Waals surface area contributed by atoms with Crippen molar-refractivity contribution in [2.24, 2.45) is 5.84 Å². The van der Waals surface area contributed by atoms with Crippen LogP contribution in [0.3, 0.4) is 0 Å². The zero-order chi connectivity index (χ0) is 31.2. The van der Waals surface area contributed by atoms with E-state index in [0.29, 0.717) is 0 Å². The molecule has 2 rings (SSSR count). The summed E-state index contributed by atoms with van der Waals surface area (Å²) in [7, 11) is 0. The molecule has 0 atom stereocenters. The minimum Gasteiger partial charge on any atom is -0.437 e. The Morgan fingerprint density at radius 2 is 1.68 bits per heavy atom. The van der Waals surface area contributed by atoms with Crippen LogP contribution in [0.1, 0.15) is 32.8 Å². The van der Waals surface area contributed by atoms with Crippen LogP contribution in [0.25, 0.3) is 5.70 Å². The molecule has 0 unspecified atom stereocenters. The van der Waals surface area contributed by atoms with E-state index in [4.69, 9.17) is 5.84 Å². The van der Waals surface area contributed by atoms with E-state index >= 15 is 0 Å². The van der Waals surface area contributed by atoms with Gasteiger partial charge in [0.25, 0.3) is 0 Å². The van der Waals surface area contributed by atoms with Crippen LogP contribution in [-0.4, -0.2) is 34.7 Å². The third-order valence-corrected chi connectivity index (χ3v) is 5.39. The fourth-order valence-electron chi connectivity index (χ4n) is 3.21. The van der Waals surface area contributed by atoms with Gasteiger partial charge >= 0.3 is 24.6 Å². The summed E-state index contributed by atoms with van der Waals surface area (Å²) in [4.78, 5) is 15.3. The number of hydrogen-bond acceptors (Lipinski definition) is 6. The van der Waals surface area contributed by atoms with Crippen molar-refractivity contribution < 1.29 is 49.0 Å². The molecule has 1 aliphatic rings. The first kappa shape index (κ1) is 34.6. The number of allylic oxidation sites excluding steroid dienone is 4. The Balaban J connectivity index is 0.00000391. The second-order valence-corrected chi connectivity index (χ2v) is 8.09. The maximum Gasteiger partial charge on any atom is 0.435 e. The number of pyridine rings is 1. The molecule has 6 nitrogen and oxygen atoms in total. The van der Waals surface area contributed by atoms with Gasteiger partial charge in [0.2, 0.25) is 5.12 Å². The van der Waals surface area contributed by atoms with Crippen LogP contribution >= 0.6 is 12.6 Å². The number of hydrogen-bond donors (Lipinski definition) is 3. The fourth-order valence-corrected chi connectivity index (χ4v) is 3.31. The van der Waals surface area contributed by atoms with Gasteiger partial charge in [0.1, 0.15) is 11.5 Å². The molecule has 0 radical (unpaired) electrons. The van der Waals surface area contributed by atoms with Crippen LogP contribution in [0.15, 0.2) is 72.1 Å². The number of aromatic nitrogens is 1. The Labute approximate surface area is 229 Å². The second-order valence-electron chi connectivity index (χ2n) is 7.68. The van der Waals surface area contributed by atoms with Crippen molar-refractivity contribution in [3.8, 4) is 0 Å². The number of hydrazine groups is 1. The number of nitrogens with zero attached hydrogens (tertiary/aromatic N) is 2. The van der Waals surface area contributed by atoms with Crippen LogP contribution in [0.2, 0.25) is 0 Å². The Hall–Kier alpha value is -3.40. The summed E-state index contributed by atoms with van der Waals surface area (Å²) in [5.74, 6) is 4.97. The fraction of sp³-hybridized carbons (Fsp3) is 0.333. The lowest BCUT2D eigenvalue weighted by Crippen LogP contribution is -2.54. The topological polar surface area (TPSA) is 80.5 Å². The summed E-state index contributed by atoms with van der Waals surface area (Å²) in [6, 6.07) is 1.29. The summed E-state index contributed by atoms with van der Waals surface area (Å²) < 4.78 is 125. The van der Waals surface area contributed by atoms with Gasteiger partial charge in [-0.3, -0.25) is 14.8 Å². The van der Waals surface area contributed by atoms with E-state index in [9.17, 15) is 44.3 Å². The van der Waals surface area contributed by atoms with Crippen LogP contribution in [0.4, 0.5) is 45.2 Å². The lowest BCUT2D eigenvalue weighted by Gasteiger charge is -2.31. The van der Waals surface area contributed by atoms with Crippen molar-refractivity contribution in [2.45, 2.75) is 51.8 Å². The average Bonchev–Trinajstić information content (AvgIpc) is 3.00. The van der Waals surface area contributed by atoms with Crippen molar-refractivity contribution in [2.75, 3.05) is 5.01 Å². The lowest BCUT2D eigenvalue weighted by atomic mass is 9.92. The first-order valence-electron chi connectivity index (χ1n) is 11.1. The molecule has 0 spiro atoms. The number of alkyl halides is 9. The molecule has 16 heteroatoms. The second kappa shape index (κ2) is 13.3. The first-order valence-corrected chi connectivity index (χ1v) is 11.5. The normalized spacial score (nSPS) is 14.4. The van der Waals surface area contributed by atoms with Gasteiger partial charge < -0.3 is 10.1 Å². The molecule has 1 heterocycles. The van der Waals surface area contributed by atoms with Crippen molar-refractivity contribution in [1.29, 1.82) is 0 Å². The average molecular weight is 605 g/mol. The Bertz CT molecular complexity index is 1210. The number of halogens is 9. The Kier molecular flexibility index (Phi) is 11.5. The molecule has 222 valence electrons. The molecule has 0 aliphatic heterocycles. The summed E-state index contributed by atoms with van der Waals surface area (Å²) in [6.07, 6.45) is -11.1. The quantitative estimate of drug-likeness (QED) is 0.0938. The van der Waals surface area contributed by atoms with E-state index in [1.54, 1.807) is 0 Å². The number of anilines is 1. The third-order valence-electron chi connectivity index (χ3n) is 5.13. The van der Waals surface area contributed by atoms with Crippen molar-refractivity contribution >= 4 is 29.1 Å². The van der Waals surface area contributed by atoms with E-state index < -0.39 is 58.8 Å². The van der Waals surface area contributed by atoms with E-state index in [2.05, 4.69) is 40.8 Å². The zero-order valence-corrected chi connectivity index (χ0v) is 22.1. The molecule has 40 heavy (non-hydrogen) atoms. The van der Waals surface area contributed by atoms with E-state index in [1.165, 1.54) is 18.5 Å². The van der Waals surface area contributed by atoms with Crippen LogP contribution in [0, 0.1) is 0 Å². The van der Waals surface area contributed by atoms with Gasteiger partial charge in [-0.25, -0.2) is 10.2 Å². The number of nitrogens with two attached hydrogens (primary N) is 1. The van der Waals surface area contributed by atoms with E-state index in [1.807, 2.05) is 13.8 Å².